The van der Waals surface area contributed by atoms with Crippen molar-refractivity contribution >= 4 is 23.4 Å². The Hall–Kier alpha value is -4.46. The Morgan fingerprint density at radius 3 is 2.02 bits per heavy atom. The summed E-state index contributed by atoms with van der Waals surface area (Å²) in [7, 11) is 1.60. The monoisotopic (exact) mass is 546 g/mol. The summed E-state index contributed by atoms with van der Waals surface area (Å²) >= 11 is 0. The quantitative estimate of drug-likeness (QED) is 0.145. The average molecular weight is 547 g/mol. The lowest BCUT2D eigenvalue weighted by Crippen LogP contribution is -2.22. The molecule has 0 aliphatic heterocycles. The fraction of sp³-hybridized carbons (Fsp3) is 0.312. The van der Waals surface area contributed by atoms with E-state index in [2.05, 4.69) is 36.7 Å². The minimum absolute atomic E-state index is 0.112. The number of nitrogens with zero attached hydrogens (tertiary/aromatic N) is 1. The van der Waals surface area contributed by atoms with Crippen molar-refractivity contribution in [1.29, 1.82) is 0 Å². The van der Waals surface area contributed by atoms with E-state index >= 15 is 0 Å². The van der Waals surface area contributed by atoms with Gasteiger partial charge in [-0.1, -0.05) is 30.8 Å². The molecule has 212 valence electrons. The molecule has 1 unspecified atom stereocenters. The third-order valence-electron chi connectivity index (χ3n) is 6.34. The molecule has 3 aromatic carbocycles. The predicted molar refractivity (Wildman–Crippen MR) is 157 cm³/mol. The molecule has 8 nitrogen and oxygen atoms in total. The van der Waals surface area contributed by atoms with E-state index in [1.54, 1.807) is 26.2 Å². The number of anilines is 2. The topological polar surface area (TPSA) is 86.3 Å². The molecule has 0 aromatic heterocycles. The number of rotatable bonds is 13. The van der Waals surface area contributed by atoms with Crippen molar-refractivity contribution in [2.45, 2.75) is 33.8 Å². The van der Waals surface area contributed by atoms with Gasteiger partial charge in [0.15, 0.2) is 6.10 Å². The highest BCUT2D eigenvalue weighted by molar-refractivity contribution is 5.87. The molecule has 0 fully saturated rings. The van der Waals surface area contributed by atoms with E-state index in [1.807, 2.05) is 55.5 Å². The summed E-state index contributed by atoms with van der Waals surface area (Å²) < 4.78 is 22.0. The first-order valence-electron chi connectivity index (χ1n) is 13.3. The molecule has 0 aliphatic carbocycles. The maximum absolute atomic E-state index is 13.1. The van der Waals surface area contributed by atoms with Crippen LogP contribution in [-0.2, 0) is 14.3 Å². The number of carbonyl (C=O) groups is 2. The molecule has 0 heterocycles. The van der Waals surface area contributed by atoms with E-state index in [4.69, 9.17) is 18.9 Å². The van der Waals surface area contributed by atoms with Gasteiger partial charge in [-0.2, -0.15) is 0 Å². The van der Waals surface area contributed by atoms with Gasteiger partial charge in [0.05, 0.1) is 7.11 Å². The lowest BCUT2D eigenvalue weighted by Gasteiger charge is -2.23. The summed E-state index contributed by atoms with van der Waals surface area (Å²) in [6.45, 7) is 13.4. The van der Waals surface area contributed by atoms with Gasteiger partial charge in [0.1, 0.15) is 24.7 Å². The first kappa shape index (κ1) is 30.1. The minimum Gasteiger partial charge on any atom is -0.497 e. The Morgan fingerprint density at radius 1 is 0.900 bits per heavy atom. The van der Waals surface area contributed by atoms with Gasteiger partial charge in [0.2, 0.25) is 0 Å². The Morgan fingerprint density at radius 2 is 1.50 bits per heavy atom. The number of ether oxygens (including phenoxy) is 4. The molecule has 0 radical (unpaired) electrons. The standard InChI is InChI=1S/C32H38N2O6/c1-7-34(8-2)26-13-18-29(23(5)21-26)33-32(36)40-30(24-9-14-27(37-6)15-10-24)25-11-16-28(17-12-25)38-19-20-39-31(35)22(3)4/h9-18,21,30H,3,7-8,19-20H2,1-2,4-6H3,(H,33,36). The van der Waals surface area contributed by atoms with E-state index in [1.165, 1.54) is 0 Å². The lowest BCUT2D eigenvalue weighted by atomic mass is 10.0. The zero-order chi connectivity index (χ0) is 29.1. The highest BCUT2D eigenvalue weighted by atomic mass is 16.6. The molecular weight excluding hydrogens is 508 g/mol. The van der Waals surface area contributed by atoms with Gasteiger partial charge >= 0.3 is 12.1 Å². The highest BCUT2D eigenvalue weighted by Crippen LogP contribution is 2.30. The molecule has 1 amide bonds. The number of amides is 1. The fourth-order valence-corrected chi connectivity index (χ4v) is 4.08. The fourth-order valence-electron chi connectivity index (χ4n) is 4.08. The molecule has 1 N–H and O–H groups in total. The summed E-state index contributed by atoms with van der Waals surface area (Å²) in [6, 6.07) is 20.6. The number of benzene rings is 3. The first-order chi connectivity index (χ1) is 19.2. The van der Waals surface area contributed by atoms with Crippen LogP contribution in [0.2, 0.25) is 0 Å². The molecule has 0 saturated heterocycles. The van der Waals surface area contributed by atoms with Crippen molar-refractivity contribution in [3.63, 3.8) is 0 Å². The summed E-state index contributed by atoms with van der Waals surface area (Å²) in [5.41, 5.74) is 4.61. The van der Waals surface area contributed by atoms with Crippen LogP contribution in [0.5, 0.6) is 11.5 Å². The second kappa shape index (κ2) is 14.6. The van der Waals surface area contributed by atoms with E-state index in [0.717, 1.165) is 35.5 Å². The summed E-state index contributed by atoms with van der Waals surface area (Å²) in [4.78, 5) is 26.8. The molecule has 1 atom stereocenters. The van der Waals surface area contributed by atoms with Crippen molar-refractivity contribution in [1.82, 2.24) is 0 Å². The number of hydrogen-bond acceptors (Lipinski definition) is 7. The van der Waals surface area contributed by atoms with Crippen LogP contribution >= 0.6 is 0 Å². The van der Waals surface area contributed by atoms with Crippen molar-refractivity contribution in [3.05, 3.63) is 95.6 Å². The third-order valence-corrected chi connectivity index (χ3v) is 6.34. The molecule has 40 heavy (non-hydrogen) atoms. The van der Waals surface area contributed by atoms with Crippen LogP contribution in [0, 0.1) is 6.92 Å². The van der Waals surface area contributed by atoms with E-state index < -0.39 is 18.2 Å². The summed E-state index contributed by atoms with van der Waals surface area (Å²) in [5, 5.41) is 2.89. The summed E-state index contributed by atoms with van der Waals surface area (Å²) in [6.07, 6.45) is -1.24. The number of carbonyl (C=O) groups excluding carboxylic acids is 2. The second-order valence-corrected chi connectivity index (χ2v) is 9.19. The van der Waals surface area contributed by atoms with Gasteiger partial charge in [0, 0.05) is 30.0 Å². The predicted octanol–water partition coefficient (Wildman–Crippen LogP) is 6.69. The van der Waals surface area contributed by atoms with Crippen LogP contribution in [0.4, 0.5) is 16.2 Å². The average Bonchev–Trinajstić information content (AvgIpc) is 2.96. The van der Waals surface area contributed by atoms with Crippen LogP contribution < -0.4 is 19.7 Å². The van der Waals surface area contributed by atoms with Crippen LogP contribution in [-0.4, -0.2) is 45.5 Å². The molecule has 8 heteroatoms. The highest BCUT2D eigenvalue weighted by Gasteiger charge is 2.20. The van der Waals surface area contributed by atoms with Crippen molar-refractivity contribution in [2.24, 2.45) is 0 Å². The molecule has 3 aromatic rings. The maximum atomic E-state index is 13.1. The van der Waals surface area contributed by atoms with Crippen LogP contribution in [0.15, 0.2) is 78.9 Å². The third kappa shape index (κ3) is 8.27. The van der Waals surface area contributed by atoms with Gasteiger partial charge in [-0.3, -0.25) is 5.32 Å². The number of nitrogens with one attached hydrogen (secondary N) is 1. The molecule has 0 bridgehead atoms. The number of hydrogen-bond donors (Lipinski definition) is 1. The smallest absolute Gasteiger partial charge is 0.412 e. The number of methoxy groups -OCH3 is 1. The number of esters is 1. The van der Waals surface area contributed by atoms with Crippen LogP contribution in [0.3, 0.4) is 0 Å². The largest absolute Gasteiger partial charge is 0.497 e. The van der Waals surface area contributed by atoms with Crippen LogP contribution in [0.1, 0.15) is 43.6 Å². The van der Waals surface area contributed by atoms with Gasteiger partial charge in [-0.05, 0) is 86.8 Å². The molecular formula is C32H38N2O6. The van der Waals surface area contributed by atoms with Gasteiger partial charge in [0.25, 0.3) is 0 Å². The Labute approximate surface area is 236 Å². The second-order valence-electron chi connectivity index (χ2n) is 9.19. The Bertz CT molecular complexity index is 1280. The van der Waals surface area contributed by atoms with E-state index in [-0.39, 0.29) is 13.2 Å². The molecule has 3 rings (SSSR count). The Balaban J connectivity index is 1.73. The van der Waals surface area contributed by atoms with Crippen molar-refractivity contribution in [2.75, 3.05) is 43.6 Å². The van der Waals surface area contributed by atoms with Gasteiger partial charge in [-0.25, -0.2) is 9.59 Å². The SMILES string of the molecule is C=C(C)C(=O)OCCOc1ccc(C(OC(=O)Nc2ccc(N(CC)CC)cc2C)c2ccc(OC)cc2)cc1. The zero-order valence-corrected chi connectivity index (χ0v) is 23.9. The minimum atomic E-state index is -0.674. The van der Waals surface area contributed by atoms with Gasteiger partial charge in [-0.15, -0.1) is 0 Å². The van der Waals surface area contributed by atoms with Gasteiger partial charge < -0.3 is 23.8 Å². The van der Waals surface area contributed by atoms with E-state index in [0.29, 0.717) is 22.8 Å². The zero-order valence-electron chi connectivity index (χ0n) is 23.9. The molecule has 0 aliphatic rings. The van der Waals surface area contributed by atoms with Crippen molar-refractivity contribution in [3.8, 4) is 11.5 Å². The lowest BCUT2D eigenvalue weighted by molar-refractivity contribution is -0.139. The molecule has 0 spiro atoms. The first-order valence-corrected chi connectivity index (χ1v) is 13.3. The van der Waals surface area contributed by atoms with E-state index in [9.17, 15) is 9.59 Å². The van der Waals surface area contributed by atoms with Crippen molar-refractivity contribution < 1.29 is 28.5 Å². The Kier molecular flexibility index (Phi) is 11.0. The van der Waals surface area contributed by atoms with Crippen LogP contribution in [0.25, 0.3) is 0 Å². The summed E-state index contributed by atoms with van der Waals surface area (Å²) in [5.74, 6) is 0.843. The molecule has 0 saturated carbocycles. The normalized spacial score (nSPS) is 11.2. The number of aryl methyl sites for hydroxylation is 1. The maximum Gasteiger partial charge on any atom is 0.412 e.